The fourth-order valence-corrected chi connectivity index (χ4v) is 1.85. The summed E-state index contributed by atoms with van der Waals surface area (Å²) in [5, 5.41) is 12.5. The zero-order chi connectivity index (χ0) is 14.6. The number of halogens is 2. The van der Waals surface area contributed by atoms with E-state index in [-0.39, 0.29) is 5.88 Å². The summed E-state index contributed by atoms with van der Waals surface area (Å²) in [6.45, 7) is 5.33. The van der Waals surface area contributed by atoms with E-state index >= 15 is 0 Å². The molecule has 1 amide bonds. The van der Waals surface area contributed by atoms with Gasteiger partial charge in [0.1, 0.15) is 5.60 Å². The molecule has 0 heterocycles. The van der Waals surface area contributed by atoms with Gasteiger partial charge in [-0.25, -0.2) is 4.79 Å². The summed E-state index contributed by atoms with van der Waals surface area (Å²) >= 11 is 11.6. The number of rotatable bonds is 3. The molecule has 1 aromatic rings. The minimum Gasteiger partial charge on any atom is -0.444 e. The molecule has 1 rings (SSSR count). The summed E-state index contributed by atoms with van der Waals surface area (Å²) in [5.41, 5.74) is 0.444. The molecule has 0 saturated heterocycles. The highest BCUT2D eigenvalue weighted by atomic mass is 35.5. The fraction of sp³-hybridized carbons (Fsp3) is 0.462. The van der Waals surface area contributed by atoms with Crippen LogP contribution < -0.4 is 5.32 Å². The van der Waals surface area contributed by atoms with Crippen molar-refractivity contribution in [3.8, 4) is 0 Å². The second-order valence-electron chi connectivity index (χ2n) is 5.03. The fourth-order valence-electron chi connectivity index (χ4n) is 1.38. The highest BCUT2D eigenvalue weighted by Gasteiger charge is 2.17. The number of nitrogens with one attached hydrogen (secondary N) is 1. The molecular weight excluding hydrogens is 289 g/mol. The zero-order valence-corrected chi connectivity index (χ0v) is 12.5. The molecule has 0 aliphatic heterocycles. The topological polar surface area (TPSA) is 58.6 Å². The minimum absolute atomic E-state index is 0.0541. The number of anilines is 1. The molecule has 19 heavy (non-hydrogen) atoms. The summed E-state index contributed by atoms with van der Waals surface area (Å²) < 4.78 is 5.12. The second kappa shape index (κ2) is 6.46. The number of ether oxygens (including phenoxy) is 1. The van der Waals surface area contributed by atoms with Crippen LogP contribution in [-0.2, 0) is 4.74 Å². The van der Waals surface area contributed by atoms with E-state index in [1.165, 1.54) is 6.07 Å². The first-order chi connectivity index (χ1) is 8.73. The van der Waals surface area contributed by atoms with Crippen LogP contribution in [0.3, 0.4) is 0 Å². The molecular formula is C13H17Cl2NO3. The highest BCUT2D eigenvalue weighted by molar-refractivity contribution is 6.31. The number of aliphatic hydroxyl groups is 1. The Balaban J connectivity index is 2.76. The number of carbonyl (C=O) groups excluding carboxylic acids is 1. The first-order valence-electron chi connectivity index (χ1n) is 5.76. The molecule has 0 spiro atoms. The lowest BCUT2D eigenvalue weighted by Crippen LogP contribution is -2.27. The van der Waals surface area contributed by atoms with E-state index in [0.29, 0.717) is 16.3 Å². The van der Waals surface area contributed by atoms with Crippen LogP contribution in [0, 0.1) is 0 Å². The summed E-state index contributed by atoms with van der Waals surface area (Å²) in [4.78, 5) is 11.6. The molecule has 0 aromatic heterocycles. The molecule has 1 aromatic carbocycles. The molecule has 0 saturated carbocycles. The van der Waals surface area contributed by atoms with Crippen molar-refractivity contribution in [1.82, 2.24) is 0 Å². The van der Waals surface area contributed by atoms with E-state index in [9.17, 15) is 9.90 Å². The molecule has 0 aliphatic carbocycles. The normalized spacial score (nSPS) is 12.9. The number of aliphatic hydroxyl groups excluding tert-OH is 1. The van der Waals surface area contributed by atoms with Crippen LogP contribution in [0.2, 0.25) is 5.02 Å². The number of benzene rings is 1. The van der Waals surface area contributed by atoms with Crippen LogP contribution in [0.25, 0.3) is 0 Å². The van der Waals surface area contributed by atoms with Crippen molar-refractivity contribution in [3.63, 3.8) is 0 Å². The van der Waals surface area contributed by atoms with Crippen molar-refractivity contribution in [3.05, 3.63) is 28.8 Å². The van der Waals surface area contributed by atoms with Gasteiger partial charge in [0.05, 0.1) is 12.0 Å². The van der Waals surface area contributed by atoms with E-state index in [1.54, 1.807) is 32.9 Å². The largest absolute Gasteiger partial charge is 0.444 e. The lowest BCUT2D eigenvalue weighted by Gasteiger charge is -2.20. The van der Waals surface area contributed by atoms with Gasteiger partial charge in [-0.3, -0.25) is 5.32 Å². The number of hydrogen-bond acceptors (Lipinski definition) is 3. The third-order valence-electron chi connectivity index (χ3n) is 2.15. The molecule has 2 N–H and O–H groups in total. The van der Waals surface area contributed by atoms with E-state index in [4.69, 9.17) is 27.9 Å². The third kappa shape index (κ3) is 5.27. The lowest BCUT2D eigenvalue weighted by atomic mass is 10.1. The molecule has 0 fully saturated rings. The summed E-state index contributed by atoms with van der Waals surface area (Å²) in [7, 11) is 0. The molecule has 0 radical (unpaired) electrons. The van der Waals surface area contributed by atoms with Crippen LogP contribution in [0.5, 0.6) is 0 Å². The average molecular weight is 306 g/mol. The zero-order valence-electron chi connectivity index (χ0n) is 11.0. The highest BCUT2D eigenvalue weighted by Crippen LogP contribution is 2.27. The van der Waals surface area contributed by atoms with Crippen molar-refractivity contribution in [2.24, 2.45) is 0 Å². The molecule has 6 heteroatoms. The molecule has 1 atom stereocenters. The number of carbonyl (C=O) groups is 1. The van der Waals surface area contributed by atoms with Gasteiger partial charge in [-0.05, 0) is 32.9 Å². The smallest absolute Gasteiger partial charge is 0.412 e. The predicted molar refractivity (Wildman–Crippen MR) is 77.0 cm³/mol. The van der Waals surface area contributed by atoms with E-state index in [2.05, 4.69) is 5.32 Å². The Morgan fingerprint density at radius 2 is 2.11 bits per heavy atom. The first kappa shape index (κ1) is 16.1. The molecule has 0 aliphatic rings. The van der Waals surface area contributed by atoms with Gasteiger partial charge in [-0.15, -0.1) is 11.6 Å². The Bertz CT molecular complexity index is 458. The Morgan fingerprint density at radius 1 is 1.47 bits per heavy atom. The number of alkyl halides is 1. The maximum absolute atomic E-state index is 11.6. The van der Waals surface area contributed by atoms with Gasteiger partial charge >= 0.3 is 6.09 Å². The van der Waals surface area contributed by atoms with E-state index in [0.717, 1.165) is 0 Å². The quantitative estimate of drug-likeness (QED) is 0.831. The van der Waals surface area contributed by atoms with Gasteiger partial charge in [-0.2, -0.15) is 0 Å². The van der Waals surface area contributed by atoms with Gasteiger partial charge in [0.15, 0.2) is 0 Å². The summed E-state index contributed by atoms with van der Waals surface area (Å²) in [6, 6.07) is 4.78. The van der Waals surface area contributed by atoms with Crippen molar-refractivity contribution in [2.45, 2.75) is 32.5 Å². The second-order valence-corrected chi connectivity index (χ2v) is 5.75. The van der Waals surface area contributed by atoms with Crippen molar-refractivity contribution < 1.29 is 14.6 Å². The molecule has 0 bridgehead atoms. The van der Waals surface area contributed by atoms with Crippen LogP contribution in [0.4, 0.5) is 10.5 Å². The van der Waals surface area contributed by atoms with Crippen molar-refractivity contribution in [1.29, 1.82) is 0 Å². The SMILES string of the molecule is CC(C)(C)OC(=O)Nc1ccc(C(O)CCl)c(Cl)c1. The molecule has 106 valence electrons. The van der Waals surface area contributed by atoms with E-state index in [1.807, 2.05) is 0 Å². The Labute approximate surface area is 122 Å². The van der Waals surface area contributed by atoms with Crippen LogP contribution in [-0.4, -0.2) is 22.7 Å². The van der Waals surface area contributed by atoms with Crippen LogP contribution >= 0.6 is 23.2 Å². The minimum atomic E-state index is -0.829. The standard InChI is InChI=1S/C13H17Cl2NO3/c1-13(2,3)19-12(18)16-8-4-5-9(10(15)6-8)11(17)7-14/h4-6,11,17H,7H2,1-3H3,(H,16,18). The van der Waals surface area contributed by atoms with E-state index < -0.39 is 17.8 Å². The Morgan fingerprint density at radius 3 is 2.58 bits per heavy atom. The monoisotopic (exact) mass is 305 g/mol. The molecule has 4 nitrogen and oxygen atoms in total. The Kier molecular flexibility index (Phi) is 5.47. The maximum Gasteiger partial charge on any atom is 0.412 e. The maximum atomic E-state index is 11.6. The van der Waals surface area contributed by atoms with Crippen LogP contribution in [0.15, 0.2) is 18.2 Å². The first-order valence-corrected chi connectivity index (χ1v) is 6.67. The predicted octanol–water partition coefficient (Wildman–Crippen LogP) is 3.96. The summed E-state index contributed by atoms with van der Waals surface area (Å²) in [6.07, 6.45) is -1.39. The Hall–Kier alpha value is -0.970. The van der Waals surface area contributed by atoms with Gasteiger partial charge in [0.2, 0.25) is 0 Å². The van der Waals surface area contributed by atoms with Gasteiger partial charge in [-0.1, -0.05) is 17.7 Å². The van der Waals surface area contributed by atoms with Crippen molar-refractivity contribution in [2.75, 3.05) is 11.2 Å². The lowest BCUT2D eigenvalue weighted by molar-refractivity contribution is 0.0636. The molecule has 1 unspecified atom stereocenters. The number of hydrogen-bond donors (Lipinski definition) is 2. The van der Waals surface area contributed by atoms with Crippen LogP contribution in [0.1, 0.15) is 32.4 Å². The van der Waals surface area contributed by atoms with Gasteiger partial charge < -0.3 is 9.84 Å². The van der Waals surface area contributed by atoms with Gasteiger partial charge in [0, 0.05) is 16.3 Å². The third-order valence-corrected chi connectivity index (χ3v) is 2.77. The number of amides is 1. The van der Waals surface area contributed by atoms with Gasteiger partial charge in [0.25, 0.3) is 0 Å². The average Bonchev–Trinajstić information content (AvgIpc) is 2.25. The summed E-state index contributed by atoms with van der Waals surface area (Å²) in [5.74, 6) is 0.0541. The van der Waals surface area contributed by atoms with Crippen molar-refractivity contribution >= 4 is 35.0 Å².